The van der Waals surface area contributed by atoms with Gasteiger partial charge in [0.25, 0.3) is 0 Å². The number of benzene rings is 1. The van der Waals surface area contributed by atoms with E-state index in [1.165, 1.54) is 11.0 Å². The summed E-state index contributed by atoms with van der Waals surface area (Å²) < 4.78 is 43.9. The van der Waals surface area contributed by atoms with Crippen molar-refractivity contribution in [3.63, 3.8) is 0 Å². The molecule has 28 heavy (non-hydrogen) atoms. The predicted octanol–water partition coefficient (Wildman–Crippen LogP) is 3.96. The third kappa shape index (κ3) is 4.65. The van der Waals surface area contributed by atoms with Gasteiger partial charge in [-0.15, -0.1) is 5.10 Å². The van der Waals surface area contributed by atoms with Crippen LogP contribution >= 0.6 is 11.6 Å². The molecule has 0 radical (unpaired) electrons. The zero-order valence-corrected chi connectivity index (χ0v) is 14.6. The molecule has 2 N–H and O–H groups in total. The van der Waals surface area contributed by atoms with Gasteiger partial charge in [0.15, 0.2) is 11.6 Å². The molecule has 3 aromatic rings. The molecule has 0 aliphatic carbocycles. The Morgan fingerprint density at radius 3 is 2.50 bits per heavy atom. The maximum atomic E-state index is 12.7. The van der Waals surface area contributed by atoms with E-state index in [0.717, 1.165) is 11.6 Å². The molecular formula is C17H11ClF3N5O2. The van der Waals surface area contributed by atoms with Crippen molar-refractivity contribution < 1.29 is 22.7 Å². The second-order valence-corrected chi connectivity index (χ2v) is 5.81. The number of carbonyl (C=O) groups is 1. The summed E-state index contributed by atoms with van der Waals surface area (Å²) in [4.78, 5) is 18.4. The normalized spacial score (nSPS) is 11.7. The van der Waals surface area contributed by atoms with Crippen LogP contribution in [0.25, 0.3) is 18.0 Å². The Hall–Kier alpha value is -3.40. The van der Waals surface area contributed by atoms with E-state index >= 15 is 0 Å². The highest BCUT2D eigenvalue weighted by molar-refractivity contribution is 6.32. The Bertz CT molecular complexity index is 1030. The Labute approximate surface area is 161 Å². The lowest BCUT2D eigenvalue weighted by Gasteiger charge is -2.08. The Morgan fingerprint density at radius 1 is 1.18 bits per heavy atom. The average Bonchev–Trinajstić information content (AvgIpc) is 3.08. The molecule has 2 heterocycles. The minimum atomic E-state index is -4.54. The van der Waals surface area contributed by atoms with Crippen molar-refractivity contribution >= 4 is 29.8 Å². The number of halogens is 4. The predicted molar refractivity (Wildman–Crippen MR) is 94.7 cm³/mol. The summed E-state index contributed by atoms with van der Waals surface area (Å²) in [7, 11) is 0. The summed E-state index contributed by atoms with van der Waals surface area (Å²) in [6, 6.07) is 7.25. The third-order valence-electron chi connectivity index (χ3n) is 3.40. The molecule has 0 spiro atoms. The molecule has 0 aliphatic heterocycles. The smallest absolute Gasteiger partial charge is 0.411 e. The number of rotatable bonds is 4. The molecule has 2 aromatic heterocycles. The molecule has 1 amide bonds. The lowest BCUT2D eigenvalue weighted by Crippen LogP contribution is -2.16. The first-order valence-electron chi connectivity index (χ1n) is 7.62. The summed E-state index contributed by atoms with van der Waals surface area (Å²) in [6.07, 6.45) is -0.218. The van der Waals surface area contributed by atoms with E-state index in [1.807, 2.05) is 0 Å². The molecule has 0 saturated heterocycles. The fraction of sp³-hybridized carbons (Fsp3) is 0.0588. The van der Waals surface area contributed by atoms with Crippen molar-refractivity contribution in [3.05, 3.63) is 64.8 Å². The van der Waals surface area contributed by atoms with Gasteiger partial charge in [-0.1, -0.05) is 29.8 Å². The van der Waals surface area contributed by atoms with Crippen LogP contribution in [0.15, 0.2) is 42.9 Å². The number of primary amides is 1. The molecule has 0 bridgehead atoms. The van der Waals surface area contributed by atoms with Crippen LogP contribution < -0.4 is 10.5 Å². The Morgan fingerprint density at radius 2 is 1.89 bits per heavy atom. The molecule has 0 saturated carbocycles. The second-order valence-electron chi connectivity index (χ2n) is 5.40. The second kappa shape index (κ2) is 7.69. The molecule has 0 fully saturated rings. The molecule has 7 nitrogen and oxygen atoms in total. The summed E-state index contributed by atoms with van der Waals surface area (Å²) >= 11 is 5.89. The average molecular weight is 410 g/mol. The number of pyridine rings is 1. The number of hydrogen-bond donors (Lipinski definition) is 1. The van der Waals surface area contributed by atoms with E-state index in [2.05, 4.69) is 15.1 Å². The first kappa shape index (κ1) is 19.4. The summed E-state index contributed by atoms with van der Waals surface area (Å²) in [5.41, 5.74) is 4.73. The summed E-state index contributed by atoms with van der Waals surface area (Å²) in [6.45, 7) is 0. The van der Waals surface area contributed by atoms with Gasteiger partial charge >= 0.3 is 12.3 Å². The zero-order valence-electron chi connectivity index (χ0n) is 13.9. The van der Waals surface area contributed by atoms with Gasteiger partial charge in [-0.3, -0.25) is 0 Å². The van der Waals surface area contributed by atoms with Crippen LogP contribution in [0.1, 0.15) is 17.0 Å². The quantitative estimate of drug-likeness (QED) is 0.703. The number of nitrogens with zero attached hydrogens (tertiary/aromatic N) is 4. The van der Waals surface area contributed by atoms with Gasteiger partial charge in [0.1, 0.15) is 12.1 Å². The SMILES string of the molecule is NC(=O)Oc1ccc(/C=C/c2ncn(-c3ncc(C(F)(F)F)cc3Cl)n2)cc1. The molecule has 3 rings (SSSR count). The third-order valence-corrected chi connectivity index (χ3v) is 3.68. The number of nitrogens with two attached hydrogens (primary N) is 1. The zero-order chi connectivity index (χ0) is 20.3. The summed E-state index contributed by atoms with van der Waals surface area (Å²) in [5.74, 6) is 0.611. The van der Waals surface area contributed by atoms with E-state index in [4.69, 9.17) is 22.1 Å². The van der Waals surface area contributed by atoms with E-state index in [-0.39, 0.29) is 16.7 Å². The van der Waals surface area contributed by atoms with Gasteiger partial charge in [0.05, 0.1) is 10.6 Å². The van der Waals surface area contributed by atoms with Crippen molar-refractivity contribution in [1.29, 1.82) is 0 Å². The highest BCUT2D eigenvalue weighted by Gasteiger charge is 2.31. The van der Waals surface area contributed by atoms with Gasteiger partial charge in [-0.05, 0) is 29.8 Å². The standard InChI is InChI=1S/C17H11ClF3N5O2/c18-13-7-11(17(19,20)21)8-23-15(13)26-9-24-14(25-26)6-3-10-1-4-12(5-2-10)28-16(22)27/h1-9H,(H2,22,27)/b6-3+. The number of carbonyl (C=O) groups excluding carboxylic acids is 1. The van der Waals surface area contributed by atoms with E-state index in [9.17, 15) is 18.0 Å². The number of aromatic nitrogens is 4. The van der Waals surface area contributed by atoms with Crippen LogP contribution in [-0.2, 0) is 6.18 Å². The van der Waals surface area contributed by atoms with Crippen molar-refractivity contribution in [2.75, 3.05) is 0 Å². The minimum Gasteiger partial charge on any atom is -0.411 e. The van der Waals surface area contributed by atoms with Gasteiger partial charge in [-0.2, -0.15) is 13.2 Å². The Kier molecular flexibility index (Phi) is 5.32. The topological polar surface area (TPSA) is 95.9 Å². The number of amides is 1. The van der Waals surface area contributed by atoms with Crippen LogP contribution in [0.5, 0.6) is 5.75 Å². The van der Waals surface area contributed by atoms with E-state index < -0.39 is 17.8 Å². The first-order chi connectivity index (χ1) is 13.2. The van der Waals surface area contributed by atoms with Gasteiger partial charge < -0.3 is 10.5 Å². The monoisotopic (exact) mass is 409 g/mol. The van der Waals surface area contributed by atoms with Crippen LogP contribution in [0.4, 0.5) is 18.0 Å². The van der Waals surface area contributed by atoms with Gasteiger partial charge in [0, 0.05) is 6.20 Å². The molecule has 0 atom stereocenters. The summed E-state index contributed by atoms with van der Waals surface area (Å²) in [5, 5.41) is 3.90. The van der Waals surface area contributed by atoms with Crippen molar-refractivity contribution in [3.8, 4) is 11.6 Å². The largest absolute Gasteiger partial charge is 0.417 e. The van der Waals surface area contributed by atoms with Crippen LogP contribution in [0, 0.1) is 0 Å². The van der Waals surface area contributed by atoms with Gasteiger partial charge in [0.2, 0.25) is 0 Å². The highest BCUT2D eigenvalue weighted by atomic mass is 35.5. The molecule has 0 aliphatic rings. The number of alkyl halides is 3. The molecule has 0 unspecified atom stereocenters. The maximum absolute atomic E-state index is 12.7. The van der Waals surface area contributed by atoms with Gasteiger partial charge in [-0.25, -0.2) is 19.4 Å². The number of hydrogen-bond acceptors (Lipinski definition) is 5. The molecule has 144 valence electrons. The van der Waals surface area contributed by atoms with Crippen molar-refractivity contribution in [2.24, 2.45) is 5.73 Å². The number of ether oxygens (including phenoxy) is 1. The van der Waals surface area contributed by atoms with Crippen LogP contribution in [0.2, 0.25) is 5.02 Å². The lowest BCUT2D eigenvalue weighted by molar-refractivity contribution is -0.137. The first-order valence-corrected chi connectivity index (χ1v) is 8.00. The fourth-order valence-corrected chi connectivity index (χ4v) is 2.40. The highest BCUT2D eigenvalue weighted by Crippen LogP contribution is 2.31. The Balaban J connectivity index is 1.75. The minimum absolute atomic E-state index is 0.0229. The van der Waals surface area contributed by atoms with Crippen LogP contribution in [0.3, 0.4) is 0 Å². The van der Waals surface area contributed by atoms with Crippen molar-refractivity contribution in [1.82, 2.24) is 19.7 Å². The van der Waals surface area contributed by atoms with Crippen LogP contribution in [-0.4, -0.2) is 25.8 Å². The van der Waals surface area contributed by atoms with E-state index in [0.29, 0.717) is 11.9 Å². The maximum Gasteiger partial charge on any atom is 0.417 e. The fourth-order valence-electron chi connectivity index (χ4n) is 2.14. The van der Waals surface area contributed by atoms with Crippen molar-refractivity contribution in [2.45, 2.75) is 6.18 Å². The molecular weight excluding hydrogens is 399 g/mol. The molecule has 1 aromatic carbocycles. The lowest BCUT2D eigenvalue weighted by atomic mass is 10.2. The van der Waals surface area contributed by atoms with E-state index in [1.54, 1.807) is 36.4 Å². The molecule has 11 heteroatoms.